The molecule has 0 N–H and O–H groups in total. The molecule has 0 radical (unpaired) electrons. The number of hydrogen-bond donors (Lipinski definition) is 0. The fourth-order valence-corrected chi connectivity index (χ4v) is 4.51. The maximum Gasteiger partial charge on any atom is 0.314 e. The molecule has 1 unspecified atom stereocenters. The van der Waals surface area contributed by atoms with E-state index in [0.29, 0.717) is 5.75 Å². The molecule has 2 heteroatoms. The summed E-state index contributed by atoms with van der Waals surface area (Å²) in [5.74, 6) is 2.08. The van der Waals surface area contributed by atoms with Gasteiger partial charge in [0.25, 0.3) is 0 Å². The van der Waals surface area contributed by atoms with Crippen LogP contribution in [0.15, 0.2) is 48.5 Å². The number of carbonyl (C=O) groups excluding carboxylic acids is 1. The standard InChI is InChI=1S/C28H38O2/c1-4-6-7-8-22-9-11-23(12-10-22)24-13-15-25(16-14-24)26-17-19-27(20-18-26)30-28(29)21(3)5-2/h13-23H,4-12H2,1-3H3. The first-order valence-corrected chi connectivity index (χ1v) is 12.0. The number of carbonyl (C=O) groups is 1. The van der Waals surface area contributed by atoms with Crippen LogP contribution in [-0.2, 0) is 4.79 Å². The Balaban J connectivity index is 1.54. The SMILES string of the molecule is CCCCCC1CCC(c2ccc(-c3ccc(OC(=O)C(C)CC)cc3)cc2)CC1. The second-order valence-corrected chi connectivity index (χ2v) is 9.09. The van der Waals surface area contributed by atoms with Gasteiger partial charge in [-0.3, -0.25) is 4.79 Å². The molecule has 2 nitrogen and oxygen atoms in total. The molecule has 2 aromatic carbocycles. The molecular formula is C28H38O2. The minimum Gasteiger partial charge on any atom is -0.426 e. The molecule has 1 aliphatic carbocycles. The zero-order chi connectivity index (χ0) is 21.3. The average Bonchev–Trinajstić information content (AvgIpc) is 2.80. The molecule has 162 valence electrons. The summed E-state index contributed by atoms with van der Waals surface area (Å²) in [4.78, 5) is 11.9. The Bertz CT molecular complexity index is 767. The molecule has 0 aliphatic heterocycles. The monoisotopic (exact) mass is 406 g/mol. The highest BCUT2D eigenvalue weighted by molar-refractivity contribution is 5.75. The minimum atomic E-state index is -0.158. The summed E-state index contributed by atoms with van der Waals surface area (Å²) < 4.78 is 5.46. The Hall–Kier alpha value is -2.09. The van der Waals surface area contributed by atoms with Gasteiger partial charge in [0.15, 0.2) is 0 Å². The lowest BCUT2D eigenvalue weighted by Crippen LogP contribution is -2.16. The zero-order valence-corrected chi connectivity index (χ0v) is 19.0. The normalized spacial score (nSPS) is 20.0. The number of ether oxygens (including phenoxy) is 1. The van der Waals surface area contributed by atoms with E-state index in [1.807, 2.05) is 38.1 Å². The highest BCUT2D eigenvalue weighted by atomic mass is 16.5. The van der Waals surface area contributed by atoms with Crippen molar-refractivity contribution < 1.29 is 9.53 Å². The first-order valence-electron chi connectivity index (χ1n) is 12.0. The predicted molar refractivity (Wildman–Crippen MR) is 126 cm³/mol. The van der Waals surface area contributed by atoms with E-state index in [2.05, 4.69) is 31.2 Å². The number of hydrogen-bond acceptors (Lipinski definition) is 2. The van der Waals surface area contributed by atoms with Crippen LogP contribution in [0.4, 0.5) is 0 Å². The molecule has 1 atom stereocenters. The summed E-state index contributed by atoms with van der Waals surface area (Å²) in [6, 6.07) is 17.0. The summed E-state index contributed by atoms with van der Waals surface area (Å²) in [6.07, 6.45) is 11.8. The second kappa shape index (κ2) is 11.3. The van der Waals surface area contributed by atoms with Gasteiger partial charge in [-0.15, -0.1) is 0 Å². The van der Waals surface area contributed by atoms with Crippen LogP contribution in [0, 0.1) is 11.8 Å². The summed E-state index contributed by atoms with van der Waals surface area (Å²) in [6.45, 7) is 6.19. The second-order valence-electron chi connectivity index (χ2n) is 9.09. The predicted octanol–water partition coefficient (Wildman–Crippen LogP) is 8.16. The molecule has 0 heterocycles. The molecule has 0 saturated heterocycles. The molecule has 30 heavy (non-hydrogen) atoms. The molecule has 0 spiro atoms. The summed E-state index contributed by atoms with van der Waals surface area (Å²) in [5.41, 5.74) is 3.86. The van der Waals surface area contributed by atoms with E-state index in [1.165, 1.54) is 62.5 Å². The van der Waals surface area contributed by atoms with Crippen molar-refractivity contribution in [3.63, 3.8) is 0 Å². The fourth-order valence-electron chi connectivity index (χ4n) is 4.51. The Morgan fingerprint density at radius 2 is 1.50 bits per heavy atom. The number of rotatable bonds is 9. The molecule has 1 aliphatic rings. The number of esters is 1. The van der Waals surface area contributed by atoms with E-state index in [4.69, 9.17) is 4.74 Å². The largest absolute Gasteiger partial charge is 0.426 e. The molecule has 0 bridgehead atoms. The Morgan fingerprint density at radius 3 is 2.07 bits per heavy atom. The summed E-state index contributed by atoms with van der Waals surface area (Å²) in [7, 11) is 0. The van der Waals surface area contributed by atoms with Crippen LogP contribution in [0.1, 0.15) is 90.0 Å². The van der Waals surface area contributed by atoms with Crippen molar-refractivity contribution in [2.45, 2.75) is 84.5 Å². The highest BCUT2D eigenvalue weighted by Gasteiger charge is 2.22. The smallest absolute Gasteiger partial charge is 0.314 e. The third-order valence-corrected chi connectivity index (χ3v) is 6.87. The molecule has 3 rings (SSSR count). The number of benzene rings is 2. The first-order chi connectivity index (χ1) is 14.6. The van der Waals surface area contributed by atoms with Gasteiger partial charge in [-0.1, -0.05) is 82.9 Å². The van der Waals surface area contributed by atoms with Gasteiger partial charge in [-0.2, -0.15) is 0 Å². The van der Waals surface area contributed by atoms with Crippen LogP contribution < -0.4 is 4.74 Å². The Kier molecular flexibility index (Phi) is 8.54. The van der Waals surface area contributed by atoms with Crippen molar-refractivity contribution in [2.24, 2.45) is 11.8 Å². The quantitative estimate of drug-likeness (QED) is 0.238. The van der Waals surface area contributed by atoms with E-state index >= 15 is 0 Å². The van der Waals surface area contributed by atoms with Crippen molar-refractivity contribution in [3.8, 4) is 16.9 Å². The maximum absolute atomic E-state index is 11.9. The van der Waals surface area contributed by atoms with E-state index in [9.17, 15) is 4.79 Å². The van der Waals surface area contributed by atoms with E-state index in [1.54, 1.807) is 0 Å². The summed E-state index contributed by atoms with van der Waals surface area (Å²) >= 11 is 0. The third-order valence-electron chi connectivity index (χ3n) is 6.87. The number of unbranched alkanes of at least 4 members (excludes halogenated alkanes) is 2. The van der Waals surface area contributed by atoms with Crippen molar-refractivity contribution >= 4 is 5.97 Å². The highest BCUT2D eigenvalue weighted by Crippen LogP contribution is 2.38. The maximum atomic E-state index is 11.9. The van der Waals surface area contributed by atoms with Crippen LogP contribution in [0.3, 0.4) is 0 Å². The molecule has 2 aromatic rings. The van der Waals surface area contributed by atoms with Crippen LogP contribution >= 0.6 is 0 Å². The van der Waals surface area contributed by atoms with Gasteiger partial charge in [-0.05, 0) is 72.8 Å². The van der Waals surface area contributed by atoms with Crippen molar-refractivity contribution in [3.05, 3.63) is 54.1 Å². The van der Waals surface area contributed by atoms with Gasteiger partial charge in [0, 0.05) is 0 Å². The Labute approximate surface area is 183 Å². The van der Waals surface area contributed by atoms with Crippen LogP contribution in [-0.4, -0.2) is 5.97 Å². The van der Waals surface area contributed by atoms with Crippen molar-refractivity contribution in [1.82, 2.24) is 0 Å². The molecule has 1 saturated carbocycles. The molecule has 0 aromatic heterocycles. The van der Waals surface area contributed by atoms with Crippen LogP contribution in [0.2, 0.25) is 0 Å². The van der Waals surface area contributed by atoms with Crippen LogP contribution in [0.5, 0.6) is 5.75 Å². The summed E-state index contributed by atoms with van der Waals surface area (Å²) in [5, 5.41) is 0. The van der Waals surface area contributed by atoms with Crippen molar-refractivity contribution in [1.29, 1.82) is 0 Å². The zero-order valence-electron chi connectivity index (χ0n) is 19.0. The van der Waals surface area contributed by atoms with Crippen molar-refractivity contribution in [2.75, 3.05) is 0 Å². The molecule has 1 fully saturated rings. The van der Waals surface area contributed by atoms with Gasteiger partial charge in [-0.25, -0.2) is 0 Å². The van der Waals surface area contributed by atoms with Crippen LogP contribution in [0.25, 0.3) is 11.1 Å². The van der Waals surface area contributed by atoms with E-state index in [-0.39, 0.29) is 11.9 Å². The van der Waals surface area contributed by atoms with Gasteiger partial charge in [0.1, 0.15) is 5.75 Å². The first kappa shape index (κ1) is 22.6. The molecule has 0 amide bonds. The average molecular weight is 407 g/mol. The van der Waals surface area contributed by atoms with E-state index < -0.39 is 0 Å². The topological polar surface area (TPSA) is 26.3 Å². The molecular weight excluding hydrogens is 368 g/mol. The minimum absolute atomic E-state index is 0.0661. The lowest BCUT2D eigenvalue weighted by Gasteiger charge is -2.29. The Morgan fingerprint density at radius 1 is 0.900 bits per heavy atom. The fraction of sp³-hybridized carbons (Fsp3) is 0.536. The lowest BCUT2D eigenvalue weighted by molar-refractivity contribution is -0.138. The van der Waals surface area contributed by atoms with Gasteiger partial charge in [0.05, 0.1) is 5.92 Å². The van der Waals surface area contributed by atoms with Gasteiger partial charge in [0.2, 0.25) is 0 Å². The lowest BCUT2D eigenvalue weighted by atomic mass is 9.77. The van der Waals surface area contributed by atoms with Gasteiger partial charge >= 0.3 is 5.97 Å². The third kappa shape index (κ3) is 6.20. The van der Waals surface area contributed by atoms with E-state index in [0.717, 1.165) is 23.8 Å². The van der Waals surface area contributed by atoms with Gasteiger partial charge < -0.3 is 4.74 Å².